The van der Waals surface area contributed by atoms with Crippen molar-refractivity contribution in [3.63, 3.8) is 0 Å². The molecule has 1 N–H and O–H groups in total. The summed E-state index contributed by atoms with van der Waals surface area (Å²) in [6.45, 7) is 0.807. The smallest absolute Gasteiger partial charge is 0.186 e. The van der Waals surface area contributed by atoms with Crippen molar-refractivity contribution in [1.29, 1.82) is 5.26 Å². The molecule has 164 valence electrons. The first-order valence-electron chi connectivity index (χ1n) is 10.9. The first kappa shape index (κ1) is 20.8. The lowest BCUT2D eigenvalue weighted by molar-refractivity contribution is 0.416. The summed E-state index contributed by atoms with van der Waals surface area (Å²) in [6.07, 6.45) is 5.23. The number of hydrogen-bond acceptors (Lipinski definition) is 6. The summed E-state index contributed by atoms with van der Waals surface area (Å²) >= 11 is 0. The zero-order chi connectivity index (χ0) is 22.8. The number of pyridine rings is 1. The first-order chi connectivity index (χ1) is 16.2. The Morgan fingerprint density at radius 1 is 1.12 bits per heavy atom. The highest BCUT2D eigenvalue weighted by Gasteiger charge is 2.21. The first-order valence-corrected chi connectivity index (χ1v) is 10.9. The average Bonchev–Trinajstić information content (AvgIpc) is 3.68. The summed E-state index contributed by atoms with van der Waals surface area (Å²) in [5.74, 6) is 1.01. The fraction of sp³-hybridized carbons (Fsp3) is 0.231. The largest absolute Gasteiger partial charge is 0.496 e. The number of fused-ring (bicyclic) bond motifs is 1. The number of anilines is 1. The van der Waals surface area contributed by atoms with Gasteiger partial charge < -0.3 is 10.1 Å². The molecule has 1 aliphatic carbocycles. The molecule has 0 atom stereocenters. The summed E-state index contributed by atoms with van der Waals surface area (Å²) in [6, 6.07) is 16.4. The Hall–Kier alpha value is -4.05. The predicted molar refractivity (Wildman–Crippen MR) is 125 cm³/mol. The SMILES string of the molecule is COc1cc(-c2ncccc2F)ccc1-c1ccc2c(NCCC3CC3)c(C#N)nnc2c1. The number of ether oxygens (including phenoxy) is 1. The molecule has 4 aromatic rings. The van der Waals surface area contributed by atoms with Crippen molar-refractivity contribution in [2.24, 2.45) is 5.92 Å². The van der Waals surface area contributed by atoms with Crippen molar-refractivity contribution in [2.75, 3.05) is 19.0 Å². The van der Waals surface area contributed by atoms with Crippen molar-refractivity contribution in [1.82, 2.24) is 15.2 Å². The van der Waals surface area contributed by atoms with E-state index >= 15 is 0 Å². The number of halogens is 1. The van der Waals surface area contributed by atoms with Gasteiger partial charge in [0.05, 0.1) is 18.3 Å². The summed E-state index contributed by atoms with van der Waals surface area (Å²) in [4.78, 5) is 4.15. The fourth-order valence-corrected chi connectivity index (χ4v) is 4.01. The molecule has 0 bridgehead atoms. The Labute approximate surface area is 191 Å². The molecule has 1 aliphatic rings. The Kier molecular flexibility index (Phi) is 5.57. The Bertz CT molecular complexity index is 1380. The standard InChI is InChI=1S/C26H22FN5O/c1-33-24-14-18(25-21(27)3-2-11-29-25)7-8-19(24)17-6-9-20-22(13-17)31-32-23(15-28)26(20)30-12-10-16-4-5-16/h2-3,6-9,11,13-14,16H,4-5,10,12H2,1H3,(H,30,31). The molecule has 1 saturated carbocycles. The minimum absolute atomic E-state index is 0.276. The Morgan fingerprint density at radius 3 is 2.73 bits per heavy atom. The van der Waals surface area contributed by atoms with Crippen LogP contribution in [-0.4, -0.2) is 28.8 Å². The third-order valence-electron chi connectivity index (χ3n) is 5.96. The molecular weight excluding hydrogens is 417 g/mol. The lowest BCUT2D eigenvalue weighted by Crippen LogP contribution is -2.07. The maximum atomic E-state index is 14.2. The molecule has 2 heterocycles. The minimum atomic E-state index is -0.386. The van der Waals surface area contributed by atoms with Gasteiger partial charge in [0.2, 0.25) is 0 Å². The molecule has 0 radical (unpaired) electrons. The van der Waals surface area contributed by atoms with Gasteiger partial charge in [-0.25, -0.2) is 4.39 Å². The second-order valence-electron chi connectivity index (χ2n) is 8.18. The predicted octanol–water partition coefficient (Wildman–Crippen LogP) is 5.59. The lowest BCUT2D eigenvalue weighted by Gasteiger charge is -2.13. The maximum absolute atomic E-state index is 14.2. The monoisotopic (exact) mass is 439 g/mol. The number of nitrogens with zero attached hydrogens (tertiary/aromatic N) is 4. The Balaban J connectivity index is 1.52. The molecule has 0 unspecified atom stereocenters. The van der Waals surface area contributed by atoms with Crippen LogP contribution in [-0.2, 0) is 0 Å². The Morgan fingerprint density at radius 2 is 1.97 bits per heavy atom. The van der Waals surface area contributed by atoms with Crippen LogP contribution in [0, 0.1) is 23.1 Å². The van der Waals surface area contributed by atoms with Crippen molar-refractivity contribution in [3.05, 3.63) is 66.2 Å². The number of nitriles is 1. The quantitative estimate of drug-likeness (QED) is 0.404. The third kappa shape index (κ3) is 4.20. The van der Waals surface area contributed by atoms with Gasteiger partial charge in [-0.3, -0.25) is 4.98 Å². The lowest BCUT2D eigenvalue weighted by atomic mass is 9.99. The summed E-state index contributed by atoms with van der Waals surface area (Å²) < 4.78 is 19.8. The summed E-state index contributed by atoms with van der Waals surface area (Å²) in [5, 5.41) is 22.1. The van der Waals surface area contributed by atoms with Gasteiger partial charge in [0.1, 0.15) is 23.3 Å². The second kappa shape index (κ2) is 8.83. The van der Waals surface area contributed by atoms with Crippen LogP contribution in [0.2, 0.25) is 0 Å². The minimum Gasteiger partial charge on any atom is -0.496 e. The molecular formula is C26H22FN5O. The number of rotatable bonds is 7. The van der Waals surface area contributed by atoms with Crippen LogP contribution in [0.1, 0.15) is 25.0 Å². The molecule has 5 rings (SSSR count). The van der Waals surface area contributed by atoms with Crippen molar-refractivity contribution < 1.29 is 9.13 Å². The van der Waals surface area contributed by atoms with E-state index in [1.807, 2.05) is 30.3 Å². The molecule has 2 aromatic carbocycles. The fourth-order valence-electron chi connectivity index (χ4n) is 4.01. The number of benzene rings is 2. The van der Waals surface area contributed by atoms with Gasteiger partial charge in [-0.15, -0.1) is 10.2 Å². The molecule has 1 fully saturated rings. The van der Waals surface area contributed by atoms with Gasteiger partial charge in [0, 0.05) is 29.3 Å². The zero-order valence-electron chi connectivity index (χ0n) is 18.2. The third-order valence-corrected chi connectivity index (χ3v) is 5.96. The van der Waals surface area contributed by atoms with Gasteiger partial charge in [-0.2, -0.15) is 5.26 Å². The van der Waals surface area contributed by atoms with Crippen LogP contribution in [0.5, 0.6) is 5.75 Å². The molecule has 0 spiro atoms. The molecule has 33 heavy (non-hydrogen) atoms. The van der Waals surface area contributed by atoms with Crippen LogP contribution in [0.3, 0.4) is 0 Å². The molecule has 0 amide bonds. The molecule has 2 aromatic heterocycles. The normalized spacial score (nSPS) is 13.0. The van der Waals surface area contributed by atoms with E-state index in [4.69, 9.17) is 4.74 Å². The second-order valence-corrected chi connectivity index (χ2v) is 8.18. The van der Waals surface area contributed by atoms with Gasteiger partial charge in [-0.05, 0) is 54.3 Å². The summed E-state index contributed by atoms with van der Waals surface area (Å²) in [5.41, 5.74) is 4.34. The highest BCUT2D eigenvalue weighted by molar-refractivity contribution is 5.95. The van der Waals surface area contributed by atoms with Crippen LogP contribution in [0.15, 0.2) is 54.7 Å². The van der Waals surface area contributed by atoms with E-state index in [2.05, 4.69) is 26.6 Å². The summed E-state index contributed by atoms with van der Waals surface area (Å²) in [7, 11) is 1.58. The topological polar surface area (TPSA) is 83.7 Å². The van der Waals surface area contributed by atoms with Crippen molar-refractivity contribution >= 4 is 16.6 Å². The average molecular weight is 439 g/mol. The number of methoxy groups -OCH3 is 1. The van der Waals surface area contributed by atoms with Gasteiger partial charge in [0.25, 0.3) is 0 Å². The molecule has 6 nitrogen and oxygen atoms in total. The van der Waals surface area contributed by atoms with E-state index < -0.39 is 0 Å². The number of nitrogens with one attached hydrogen (secondary N) is 1. The van der Waals surface area contributed by atoms with E-state index in [0.717, 1.165) is 41.1 Å². The highest BCUT2D eigenvalue weighted by Crippen LogP contribution is 2.37. The van der Waals surface area contributed by atoms with Crippen LogP contribution in [0.4, 0.5) is 10.1 Å². The van der Waals surface area contributed by atoms with E-state index in [1.165, 1.54) is 18.9 Å². The van der Waals surface area contributed by atoms with Crippen molar-refractivity contribution in [2.45, 2.75) is 19.3 Å². The van der Waals surface area contributed by atoms with E-state index in [-0.39, 0.29) is 11.5 Å². The number of hydrogen-bond donors (Lipinski definition) is 1. The van der Waals surface area contributed by atoms with E-state index in [1.54, 1.807) is 25.4 Å². The zero-order valence-corrected chi connectivity index (χ0v) is 18.2. The molecule has 0 saturated heterocycles. The molecule has 0 aliphatic heterocycles. The van der Waals surface area contributed by atoms with E-state index in [9.17, 15) is 9.65 Å². The molecule has 7 heteroatoms. The number of aromatic nitrogens is 3. The van der Waals surface area contributed by atoms with Crippen LogP contribution in [0.25, 0.3) is 33.3 Å². The van der Waals surface area contributed by atoms with Gasteiger partial charge in [-0.1, -0.05) is 25.0 Å². The van der Waals surface area contributed by atoms with E-state index in [0.29, 0.717) is 22.5 Å². The van der Waals surface area contributed by atoms with Crippen molar-refractivity contribution in [3.8, 4) is 34.2 Å². The van der Waals surface area contributed by atoms with Crippen LogP contribution < -0.4 is 10.1 Å². The van der Waals surface area contributed by atoms with Gasteiger partial charge in [0.15, 0.2) is 5.69 Å². The maximum Gasteiger partial charge on any atom is 0.186 e. The van der Waals surface area contributed by atoms with Gasteiger partial charge >= 0.3 is 0 Å². The van der Waals surface area contributed by atoms with Crippen LogP contribution >= 0.6 is 0 Å². The highest BCUT2D eigenvalue weighted by atomic mass is 19.1.